The molecule has 0 radical (unpaired) electrons. The van der Waals surface area contributed by atoms with Gasteiger partial charge in [0.2, 0.25) is 5.95 Å². The number of aromatic amines is 1. The monoisotopic (exact) mass is 359 g/mol. The summed E-state index contributed by atoms with van der Waals surface area (Å²) in [6.45, 7) is -0.610. The highest BCUT2D eigenvalue weighted by Crippen LogP contribution is 2.16. The van der Waals surface area contributed by atoms with Gasteiger partial charge in [0.15, 0.2) is 11.2 Å². The van der Waals surface area contributed by atoms with Crippen molar-refractivity contribution in [2.45, 2.75) is 12.6 Å². The Bertz CT molecular complexity index is 1050. The molecule has 0 saturated carbocycles. The van der Waals surface area contributed by atoms with Crippen LogP contribution in [0.1, 0.15) is 5.56 Å². The third kappa shape index (κ3) is 3.38. The Morgan fingerprint density at radius 2 is 2.27 bits per heavy atom. The van der Waals surface area contributed by atoms with E-state index in [4.69, 9.17) is 5.11 Å². The fraction of sp³-hybridized carbons (Fsp3) is 0.267. The van der Waals surface area contributed by atoms with Crippen molar-refractivity contribution in [1.82, 2.24) is 24.1 Å². The van der Waals surface area contributed by atoms with Gasteiger partial charge in [-0.15, -0.1) is 0 Å². The zero-order chi connectivity index (χ0) is 18.7. The number of anilines is 1. The Morgan fingerprint density at radius 1 is 1.46 bits per heavy atom. The van der Waals surface area contributed by atoms with Crippen molar-refractivity contribution in [3.63, 3.8) is 0 Å². The van der Waals surface area contributed by atoms with Crippen molar-refractivity contribution in [1.29, 1.82) is 0 Å². The van der Waals surface area contributed by atoms with E-state index in [1.54, 1.807) is 24.5 Å². The second-order valence-corrected chi connectivity index (χ2v) is 5.53. The maximum absolute atomic E-state index is 12.2. The Kier molecular flexibility index (Phi) is 4.91. The molecule has 0 fully saturated rings. The van der Waals surface area contributed by atoms with Gasteiger partial charge in [0.05, 0.1) is 25.5 Å². The molecule has 136 valence electrons. The lowest BCUT2D eigenvalue weighted by molar-refractivity contribution is 0.0825. The molecule has 0 aliphatic rings. The summed E-state index contributed by atoms with van der Waals surface area (Å²) in [5.74, 6) is 0.138. The van der Waals surface area contributed by atoms with Crippen molar-refractivity contribution in [3.8, 4) is 0 Å². The summed E-state index contributed by atoms with van der Waals surface area (Å²) in [7, 11) is 1.46. The lowest BCUT2D eigenvalue weighted by Gasteiger charge is -2.11. The van der Waals surface area contributed by atoms with E-state index >= 15 is 0 Å². The lowest BCUT2D eigenvalue weighted by Crippen LogP contribution is -2.30. The zero-order valence-electron chi connectivity index (χ0n) is 13.8. The van der Waals surface area contributed by atoms with Crippen LogP contribution in [0, 0.1) is 0 Å². The first-order valence-electron chi connectivity index (χ1n) is 7.69. The summed E-state index contributed by atoms with van der Waals surface area (Å²) in [6.07, 6.45) is 3.63. The van der Waals surface area contributed by atoms with Gasteiger partial charge in [-0.1, -0.05) is 6.07 Å². The van der Waals surface area contributed by atoms with Gasteiger partial charge in [0, 0.05) is 25.0 Å². The number of imidazole rings is 1. The molecule has 3 rings (SSSR count). The second-order valence-electron chi connectivity index (χ2n) is 5.53. The molecule has 11 nitrogen and oxygen atoms in total. The Morgan fingerprint density at radius 3 is 2.96 bits per heavy atom. The van der Waals surface area contributed by atoms with Crippen LogP contribution in [0.15, 0.2) is 39.2 Å². The van der Waals surface area contributed by atoms with Crippen LogP contribution >= 0.6 is 0 Å². The van der Waals surface area contributed by atoms with Gasteiger partial charge in [0.25, 0.3) is 5.56 Å². The molecule has 0 aromatic carbocycles. The van der Waals surface area contributed by atoms with Gasteiger partial charge in [0.1, 0.15) is 0 Å². The quantitative estimate of drug-likeness (QED) is 0.313. The molecule has 3 aromatic rings. The number of aromatic nitrogens is 5. The fourth-order valence-corrected chi connectivity index (χ4v) is 2.38. The summed E-state index contributed by atoms with van der Waals surface area (Å²) < 4.78 is 2.53. The molecule has 1 atom stereocenters. The normalized spacial score (nSPS) is 12.7. The number of hydrogen-bond donors (Lipinski definition) is 4. The SMILES string of the molecule is Cn1c(=O)[nH]c(=O)c2c1nc(N/N=C\c1cccnc1)n2C[C@@H](O)CO. The molecule has 0 aliphatic heterocycles. The number of aliphatic hydroxyl groups is 2. The molecule has 0 aliphatic carbocycles. The Hall–Kier alpha value is -3.31. The van der Waals surface area contributed by atoms with E-state index in [1.165, 1.54) is 22.4 Å². The van der Waals surface area contributed by atoms with Crippen LogP contribution < -0.4 is 16.7 Å². The third-order valence-electron chi connectivity index (χ3n) is 3.67. The van der Waals surface area contributed by atoms with Crippen molar-refractivity contribution in [2.75, 3.05) is 12.0 Å². The minimum absolute atomic E-state index is 0.0821. The molecular weight excluding hydrogens is 342 g/mol. The molecule has 0 saturated heterocycles. The molecule has 4 N–H and O–H groups in total. The van der Waals surface area contributed by atoms with Gasteiger partial charge in [-0.3, -0.25) is 19.3 Å². The smallest absolute Gasteiger partial charge is 0.329 e. The fourth-order valence-electron chi connectivity index (χ4n) is 2.38. The first kappa shape index (κ1) is 17.5. The minimum Gasteiger partial charge on any atom is -0.394 e. The maximum atomic E-state index is 12.2. The van der Waals surface area contributed by atoms with Gasteiger partial charge < -0.3 is 14.8 Å². The number of H-pyrrole nitrogens is 1. The molecule has 0 unspecified atom stereocenters. The molecule has 0 spiro atoms. The number of aliphatic hydroxyl groups excluding tert-OH is 2. The van der Waals surface area contributed by atoms with Crippen LogP contribution in [0.4, 0.5) is 5.95 Å². The number of nitrogens with one attached hydrogen (secondary N) is 2. The van der Waals surface area contributed by atoms with E-state index in [0.29, 0.717) is 0 Å². The molecule has 3 aromatic heterocycles. The van der Waals surface area contributed by atoms with E-state index in [0.717, 1.165) is 5.56 Å². The summed E-state index contributed by atoms with van der Waals surface area (Å²) >= 11 is 0. The average molecular weight is 359 g/mol. The lowest BCUT2D eigenvalue weighted by atomic mass is 10.3. The first-order chi connectivity index (χ1) is 12.5. The molecule has 3 heterocycles. The van der Waals surface area contributed by atoms with Gasteiger partial charge in [-0.2, -0.15) is 10.1 Å². The molecular formula is C15H17N7O4. The number of aryl methyl sites for hydroxylation is 1. The number of rotatable bonds is 6. The minimum atomic E-state index is -1.12. The standard InChI is InChI=1S/C15H17N7O4/c1-21-12-11(13(25)19-15(21)26)22(7-10(24)8-23)14(18-12)20-17-6-9-3-2-4-16-5-9/h2-6,10,23-24H,7-8H2,1H3,(H,18,20)(H,19,25,26)/b17-6-/t10-/m1/s1. The Labute approximate surface area is 146 Å². The number of hydrazone groups is 1. The van der Waals surface area contributed by atoms with E-state index in [-0.39, 0.29) is 23.7 Å². The Balaban J connectivity index is 2.05. The van der Waals surface area contributed by atoms with Crippen LogP contribution in [-0.2, 0) is 13.6 Å². The molecule has 0 bridgehead atoms. The van der Waals surface area contributed by atoms with Crippen molar-refractivity contribution >= 4 is 23.3 Å². The van der Waals surface area contributed by atoms with Crippen LogP contribution in [-0.4, -0.2) is 53.2 Å². The summed E-state index contributed by atoms with van der Waals surface area (Å²) in [5, 5.41) is 22.9. The largest absolute Gasteiger partial charge is 0.394 e. The highest BCUT2D eigenvalue weighted by Gasteiger charge is 2.19. The van der Waals surface area contributed by atoms with Crippen molar-refractivity contribution < 1.29 is 10.2 Å². The number of nitrogens with zero attached hydrogens (tertiary/aromatic N) is 5. The summed E-state index contributed by atoms with van der Waals surface area (Å²) in [5.41, 5.74) is 2.38. The van der Waals surface area contributed by atoms with E-state index in [1.807, 2.05) is 0 Å². The second kappa shape index (κ2) is 7.29. The van der Waals surface area contributed by atoms with Crippen LogP contribution in [0.25, 0.3) is 11.2 Å². The first-order valence-corrected chi connectivity index (χ1v) is 7.69. The van der Waals surface area contributed by atoms with E-state index in [2.05, 4.69) is 25.5 Å². The van der Waals surface area contributed by atoms with Crippen LogP contribution in [0.3, 0.4) is 0 Å². The van der Waals surface area contributed by atoms with Crippen LogP contribution in [0.5, 0.6) is 0 Å². The van der Waals surface area contributed by atoms with Gasteiger partial charge in [-0.25, -0.2) is 10.2 Å². The van der Waals surface area contributed by atoms with Crippen molar-refractivity contribution in [3.05, 3.63) is 50.9 Å². The molecule has 26 heavy (non-hydrogen) atoms. The average Bonchev–Trinajstić information content (AvgIpc) is 2.99. The van der Waals surface area contributed by atoms with Gasteiger partial charge in [-0.05, 0) is 6.07 Å². The van der Waals surface area contributed by atoms with Crippen molar-refractivity contribution in [2.24, 2.45) is 12.1 Å². The molecule has 0 amide bonds. The summed E-state index contributed by atoms with van der Waals surface area (Å²) in [4.78, 5) is 34.3. The predicted octanol–water partition coefficient (Wildman–Crippen LogP) is -1.38. The highest BCUT2D eigenvalue weighted by molar-refractivity contribution is 5.80. The highest BCUT2D eigenvalue weighted by atomic mass is 16.3. The van der Waals surface area contributed by atoms with Crippen LogP contribution in [0.2, 0.25) is 0 Å². The van der Waals surface area contributed by atoms with Gasteiger partial charge >= 0.3 is 5.69 Å². The van der Waals surface area contributed by atoms with E-state index in [9.17, 15) is 14.7 Å². The zero-order valence-corrected chi connectivity index (χ0v) is 13.8. The summed E-state index contributed by atoms with van der Waals surface area (Å²) in [6, 6.07) is 3.55. The van der Waals surface area contributed by atoms with E-state index < -0.39 is 24.0 Å². The third-order valence-corrected chi connectivity index (χ3v) is 3.67. The predicted molar refractivity (Wildman–Crippen MR) is 94.1 cm³/mol. The topological polar surface area (TPSA) is 150 Å². The number of hydrogen-bond acceptors (Lipinski definition) is 8. The number of pyridine rings is 1. The maximum Gasteiger partial charge on any atom is 0.329 e. The molecule has 11 heteroatoms. The number of fused-ring (bicyclic) bond motifs is 1.